The zero-order valence-corrected chi connectivity index (χ0v) is 15.2. The fourth-order valence-electron chi connectivity index (χ4n) is 2.78. The first kappa shape index (κ1) is 19.5. The first-order chi connectivity index (χ1) is 12.1. The molecule has 0 aromatic heterocycles. The number of rotatable bonds is 4. The number of nitro benzene ring substituents is 1. The Bertz CT molecular complexity index is 714. The van der Waals surface area contributed by atoms with Gasteiger partial charge in [-0.2, -0.15) is 0 Å². The summed E-state index contributed by atoms with van der Waals surface area (Å²) in [7, 11) is 0. The minimum atomic E-state index is -0.754. The lowest BCUT2D eigenvalue weighted by atomic mass is 10.0. The molecule has 1 saturated heterocycles. The van der Waals surface area contributed by atoms with E-state index in [1.165, 1.54) is 12.1 Å². The summed E-state index contributed by atoms with van der Waals surface area (Å²) in [5, 5.41) is 14.1. The molecule has 1 aliphatic rings. The average molecular weight is 364 g/mol. The SMILES string of the molecule is CC(C)(C)OC(=O)N1CCC[C@H](Nc2ccc([N+](=O)[O-])cc2C(N)=O)C1. The van der Waals surface area contributed by atoms with Gasteiger partial charge in [0.2, 0.25) is 0 Å². The van der Waals surface area contributed by atoms with Gasteiger partial charge in [-0.3, -0.25) is 14.9 Å². The predicted molar refractivity (Wildman–Crippen MR) is 96.1 cm³/mol. The molecule has 2 rings (SSSR count). The molecule has 1 aromatic rings. The van der Waals surface area contributed by atoms with Crippen LogP contribution >= 0.6 is 0 Å². The predicted octanol–water partition coefficient (Wildman–Crippen LogP) is 2.51. The Morgan fingerprint density at radius 3 is 2.65 bits per heavy atom. The van der Waals surface area contributed by atoms with Gasteiger partial charge in [0, 0.05) is 37.0 Å². The summed E-state index contributed by atoms with van der Waals surface area (Å²) in [5.41, 5.74) is 5.03. The number of nitro groups is 1. The van der Waals surface area contributed by atoms with Crippen molar-refractivity contribution in [3.8, 4) is 0 Å². The number of nitrogens with two attached hydrogens (primary N) is 1. The number of non-ortho nitro benzene ring substituents is 1. The Balaban J connectivity index is 2.12. The minimum Gasteiger partial charge on any atom is -0.444 e. The molecule has 1 fully saturated rings. The van der Waals surface area contributed by atoms with Crippen molar-refractivity contribution in [3.05, 3.63) is 33.9 Å². The van der Waals surface area contributed by atoms with Crippen molar-refractivity contribution in [2.45, 2.75) is 45.3 Å². The van der Waals surface area contributed by atoms with Crippen LogP contribution < -0.4 is 11.1 Å². The topological polar surface area (TPSA) is 128 Å². The average Bonchev–Trinajstić information content (AvgIpc) is 2.53. The summed E-state index contributed by atoms with van der Waals surface area (Å²) in [6, 6.07) is 3.81. The van der Waals surface area contributed by atoms with E-state index in [4.69, 9.17) is 10.5 Å². The number of amides is 2. The Labute approximate surface area is 151 Å². The monoisotopic (exact) mass is 364 g/mol. The third-order valence-corrected chi connectivity index (χ3v) is 3.91. The van der Waals surface area contributed by atoms with Crippen LogP contribution in [0.2, 0.25) is 0 Å². The lowest BCUT2D eigenvalue weighted by Gasteiger charge is -2.35. The minimum absolute atomic E-state index is 0.0496. The highest BCUT2D eigenvalue weighted by Crippen LogP contribution is 2.25. The van der Waals surface area contributed by atoms with Gasteiger partial charge >= 0.3 is 6.09 Å². The van der Waals surface area contributed by atoms with Crippen LogP contribution in [0.5, 0.6) is 0 Å². The van der Waals surface area contributed by atoms with Gasteiger partial charge in [-0.15, -0.1) is 0 Å². The second kappa shape index (κ2) is 7.59. The quantitative estimate of drug-likeness (QED) is 0.624. The third-order valence-electron chi connectivity index (χ3n) is 3.91. The lowest BCUT2D eigenvalue weighted by Crippen LogP contribution is -2.47. The van der Waals surface area contributed by atoms with E-state index in [9.17, 15) is 19.7 Å². The highest BCUT2D eigenvalue weighted by atomic mass is 16.6. The van der Waals surface area contributed by atoms with Gasteiger partial charge in [0.1, 0.15) is 5.60 Å². The molecule has 1 atom stereocenters. The lowest BCUT2D eigenvalue weighted by molar-refractivity contribution is -0.384. The number of hydrogen-bond acceptors (Lipinski definition) is 6. The van der Waals surface area contributed by atoms with E-state index in [-0.39, 0.29) is 23.4 Å². The first-order valence-corrected chi connectivity index (χ1v) is 8.39. The molecule has 0 aliphatic carbocycles. The molecule has 3 N–H and O–H groups in total. The van der Waals surface area contributed by atoms with Crippen LogP contribution in [0.15, 0.2) is 18.2 Å². The van der Waals surface area contributed by atoms with Gasteiger partial charge in [0.15, 0.2) is 0 Å². The largest absolute Gasteiger partial charge is 0.444 e. The number of piperidine rings is 1. The van der Waals surface area contributed by atoms with Gasteiger partial charge in [0.25, 0.3) is 11.6 Å². The van der Waals surface area contributed by atoms with Crippen LogP contribution in [0.4, 0.5) is 16.2 Å². The molecule has 1 aromatic carbocycles. The molecular weight excluding hydrogens is 340 g/mol. The Morgan fingerprint density at radius 1 is 1.38 bits per heavy atom. The normalized spacial score (nSPS) is 17.5. The second-order valence-corrected chi connectivity index (χ2v) is 7.26. The van der Waals surface area contributed by atoms with Gasteiger partial charge in [-0.25, -0.2) is 4.79 Å². The van der Waals surface area contributed by atoms with E-state index in [2.05, 4.69) is 5.32 Å². The van der Waals surface area contributed by atoms with E-state index in [0.29, 0.717) is 18.8 Å². The highest BCUT2D eigenvalue weighted by molar-refractivity contribution is 5.99. The van der Waals surface area contributed by atoms with E-state index in [0.717, 1.165) is 18.9 Å². The van der Waals surface area contributed by atoms with Crippen molar-refractivity contribution < 1.29 is 19.2 Å². The van der Waals surface area contributed by atoms with E-state index < -0.39 is 16.4 Å². The molecule has 2 amide bonds. The number of carbonyl (C=O) groups excluding carboxylic acids is 2. The fourth-order valence-corrected chi connectivity index (χ4v) is 2.78. The van der Waals surface area contributed by atoms with Gasteiger partial charge < -0.3 is 20.7 Å². The molecule has 0 unspecified atom stereocenters. The van der Waals surface area contributed by atoms with E-state index in [1.807, 2.05) is 0 Å². The number of primary amides is 1. The number of carbonyl (C=O) groups is 2. The summed E-state index contributed by atoms with van der Waals surface area (Å²) in [6.45, 7) is 6.42. The van der Waals surface area contributed by atoms with Crippen molar-refractivity contribution >= 4 is 23.4 Å². The molecule has 0 radical (unpaired) electrons. The molecule has 0 saturated carbocycles. The van der Waals surface area contributed by atoms with Crippen molar-refractivity contribution in [2.75, 3.05) is 18.4 Å². The standard InChI is InChI=1S/C17H24N4O5/c1-17(2,3)26-16(23)20-8-4-5-11(10-20)19-14-7-6-12(21(24)25)9-13(14)15(18)22/h6-7,9,11,19H,4-5,8,10H2,1-3H3,(H2,18,22)/t11-/m0/s1. The third kappa shape index (κ3) is 5.08. The maximum Gasteiger partial charge on any atom is 0.410 e. The molecular formula is C17H24N4O5. The Kier molecular flexibility index (Phi) is 5.69. The molecule has 1 aliphatic heterocycles. The van der Waals surface area contributed by atoms with Crippen LogP contribution in [0, 0.1) is 10.1 Å². The van der Waals surface area contributed by atoms with Crippen molar-refractivity contribution in [3.63, 3.8) is 0 Å². The molecule has 26 heavy (non-hydrogen) atoms. The van der Waals surface area contributed by atoms with Crippen LogP contribution in [0.1, 0.15) is 44.0 Å². The molecule has 9 heteroatoms. The number of ether oxygens (including phenoxy) is 1. The number of benzene rings is 1. The number of nitrogens with one attached hydrogen (secondary N) is 1. The fraction of sp³-hybridized carbons (Fsp3) is 0.529. The Morgan fingerprint density at radius 2 is 2.08 bits per heavy atom. The number of nitrogens with zero attached hydrogens (tertiary/aromatic N) is 2. The van der Waals surface area contributed by atoms with Crippen LogP contribution in [0.3, 0.4) is 0 Å². The molecule has 0 spiro atoms. The van der Waals surface area contributed by atoms with Crippen LogP contribution in [-0.2, 0) is 4.74 Å². The van der Waals surface area contributed by atoms with Crippen LogP contribution in [0.25, 0.3) is 0 Å². The zero-order chi connectivity index (χ0) is 19.5. The molecule has 9 nitrogen and oxygen atoms in total. The molecule has 1 heterocycles. The Hall–Kier alpha value is -2.84. The van der Waals surface area contributed by atoms with Crippen LogP contribution in [-0.4, -0.2) is 46.6 Å². The van der Waals surface area contributed by atoms with Crippen molar-refractivity contribution in [1.29, 1.82) is 0 Å². The first-order valence-electron chi connectivity index (χ1n) is 8.39. The van der Waals surface area contributed by atoms with E-state index >= 15 is 0 Å². The van der Waals surface area contributed by atoms with Gasteiger partial charge in [-0.05, 0) is 39.7 Å². The maximum atomic E-state index is 12.2. The van der Waals surface area contributed by atoms with Gasteiger partial charge in [-0.1, -0.05) is 0 Å². The molecule has 142 valence electrons. The smallest absolute Gasteiger partial charge is 0.410 e. The number of anilines is 1. The summed E-state index contributed by atoms with van der Waals surface area (Å²) in [5.74, 6) is -0.754. The number of hydrogen-bond donors (Lipinski definition) is 2. The zero-order valence-electron chi connectivity index (χ0n) is 15.2. The summed E-state index contributed by atoms with van der Waals surface area (Å²) in [6.07, 6.45) is 1.17. The van der Waals surface area contributed by atoms with Crippen molar-refractivity contribution in [1.82, 2.24) is 4.90 Å². The second-order valence-electron chi connectivity index (χ2n) is 7.26. The summed E-state index contributed by atoms with van der Waals surface area (Å²) < 4.78 is 5.39. The molecule has 0 bridgehead atoms. The van der Waals surface area contributed by atoms with Crippen molar-refractivity contribution in [2.24, 2.45) is 5.73 Å². The van der Waals surface area contributed by atoms with E-state index in [1.54, 1.807) is 25.7 Å². The van der Waals surface area contributed by atoms with Gasteiger partial charge in [0.05, 0.1) is 10.5 Å². The highest BCUT2D eigenvalue weighted by Gasteiger charge is 2.28. The summed E-state index contributed by atoms with van der Waals surface area (Å²) in [4.78, 5) is 35.8. The maximum absolute atomic E-state index is 12.2. The number of likely N-dealkylation sites (tertiary alicyclic amines) is 1. The summed E-state index contributed by atoms with van der Waals surface area (Å²) >= 11 is 0.